The van der Waals surface area contributed by atoms with Crippen molar-refractivity contribution < 1.29 is 0 Å². The molecule has 1 aliphatic carbocycles. The van der Waals surface area contributed by atoms with Crippen LogP contribution in [0.1, 0.15) is 37.9 Å². The van der Waals surface area contributed by atoms with Crippen molar-refractivity contribution in [1.29, 1.82) is 0 Å². The first-order valence-electron chi connectivity index (χ1n) is 10.3. The summed E-state index contributed by atoms with van der Waals surface area (Å²) in [5.74, 6) is 1.97. The molecule has 3 rings (SSSR count). The standard InChI is InChI=1S/C21H34N6.HI/c1-17-25-19-11-6-7-12-20(19)27(17)15-8-13-23-21(22-2)24-14-16-26(3)18-9-4-5-10-18;/h6-7,11-12,18H,4-5,8-10,13-16H2,1-3H3,(H2,22,23,24);1H. The number of halogens is 1. The monoisotopic (exact) mass is 498 g/mol. The van der Waals surface area contributed by atoms with Crippen molar-refractivity contribution in [3.05, 3.63) is 30.1 Å². The first-order chi connectivity index (χ1) is 13.2. The molecule has 6 nitrogen and oxygen atoms in total. The second-order valence-electron chi connectivity index (χ2n) is 7.50. The Morgan fingerprint density at radius 3 is 2.68 bits per heavy atom. The number of hydrogen-bond donors (Lipinski definition) is 2. The average Bonchev–Trinajstić information content (AvgIpc) is 3.31. The lowest BCUT2D eigenvalue weighted by atomic mass is 10.2. The van der Waals surface area contributed by atoms with Gasteiger partial charge in [-0.3, -0.25) is 4.99 Å². The van der Waals surface area contributed by atoms with Crippen molar-refractivity contribution in [1.82, 2.24) is 25.1 Å². The molecule has 0 spiro atoms. The van der Waals surface area contributed by atoms with Crippen LogP contribution in [0.25, 0.3) is 11.0 Å². The number of fused-ring (bicyclic) bond motifs is 1. The number of guanidine groups is 1. The van der Waals surface area contributed by atoms with Gasteiger partial charge in [0, 0.05) is 39.3 Å². The molecular formula is C21H35IN6. The van der Waals surface area contributed by atoms with E-state index < -0.39 is 0 Å². The van der Waals surface area contributed by atoms with E-state index in [0.29, 0.717) is 0 Å². The van der Waals surface area contributed by atoms with Crippen LogP contribution in [0, 0.1) is 6.92 Å². The fraction of sp³-hybridized carbons (Fsp3) is 0.619. The van der Waals surface area contributed by atoms with E-state index in [1.54, 1.807) is 0 Å². The van der Waals surface area contributed by atoms with Crippen LogP contribution in [0.3, 0.4) is 0 Å². The molecule has 1 aromatic heterocycles. The van der Waals surface area contributed by atoms with Gasteiger partial charge in [-0.15, -0.1) is 24.0 Å². The number of imidazole rings is 1. The molecule has 1 aliphatic rings. The van der Waals surface area contributed by atoms with Gasteiger partial charge in [0.25, 0.3) is 0 Å². The lowest BCUT2D eigenvalue weighted by Gasteiger charge is -2.24. The second kappa shape index (κ2) is 11.6. The Hall–Kier alpha value is -1.35. The Bertz CT molecular complexity index is 750. The highest BCUT2D eigenvalue weighted by molar-refractivity contribution is 14.0. The summed E-state index contributed by atoms with van der Waals surface area (Å²) in [5.41, 5.74) is 2.29. The topological polar surface area (TPSA) is 57.5 Å². The number of aryl methyl sites for hydroxylation is 2. The Balaban J connectivity index is 0.00000280. The van der Waals surface area contributed by atoms with E-state index in [9.17, 15) is 0 Å². The van der Waals surface area contributed by atoms with Gasteiger partial charge in [0.1, 0.15) is 5.82 Å². The number of aromatic nitrogens is 2. The molecule has 7 heteroatoms. The SMILES string of the molecule is CN=C(NCCCn1c(C)nc2ccccc21)NCCN(C)C1CCCC1.I. The Kier molecular flexibility index (Phi) is 9.50. The molecule has 1 saturated carbocycles. The predicted octanol–water partition coefficient (Wildman–Crippen LogP) is 3.39. The van der Waals surface area contributed by atoms with Gasteiger partial charge < -0.3 is 20.1 Å². The van der Waals surface area contributed by atoms with Crippen LogP contribution in [-0.2, 0) is 6.54 Å². The normalized spacial score (nSPS) is 15.2. The highest BCUT2D eigenvalue weighted by atomic mass is 127. The maximum Gasteiger partial charge on any atom is 0.191 e. The highest BCUT2D eigenvalue weighted by Crippen LogP contribution is 2.21. The quantitative estimate of drug-likeness (QED) is 0.254. The molecule has 2 N–H and O–H groups in total. The Labute approximate surface area is 186 Å². The Morgan fingerprint density at radius 2 is 1.93 bits per heavy atom. The molecule has 1 fully saturated rings. The van der Waals surface area contributed by atoms with Crippen molar-refractivity contribution in [2.45, 2.75) is 51.6 Å². The summed E-state index contributed by atoms with van der Waals surface area (Å²) in [7, 11) is 4.08. The minimum absolute atomic E-state index is 0. The van der Waals surface area contributed by atoms with E-state index in [1.165, 1.54) is 31.2 Å². The number of nitrogens with one attached hydrogen (secondary N) is 2. The number of para-hydroxylation sites is 2. The van der Waals surface area contributed by atoms with Crippen LogP contribution in [0.2, 0.25) is 0 Å². The van der Waals surface area contributed by atoms with E-state index in [0.717, 1.165) is 55.9 Å². The first kappa shape index (κ1) is 22.9. The lowest BCUT2D eigenvalue weighted by Crippen LogP contribution is -2.42. The maximum atomic E-state index is 4.63. The molecule has 1 heterocycles. The van der Waals surface area contributed by atoms with E-state index in [-0.39, 0.29) is 24.0 Å². The van der Waals surface area contributed by atoms with Gasteiger partial charge in [-0.2, -0.15) is 0 Å². The summed E-state index contributed by atoms with van der Waals surface area (Å²) in [6.07, 6.45) is 6.51. The van der Waals surface area contributed by atoms with E-state index in [2.05, 4.69) is 62.2 Å². The molecule has 0 unspecified atom stereocenters. The summed E-state index contributed by atoms with van der Waals surface area (Å²) >= 11 is 0. The zero-order chi connectivity index (χ0) is 19.1. The second-order valence-corrected chi connectivity index (χ2v) is 7.50. The summed E-state index contributed by atoms with van der Waals surface area (Å²) in [5, 5.41) is 6.87. The van der Waals surface area contributed by atoms with Gasteiger partial charge >= 0.3 is 0 Å². The fourth-order valence-corrected chi connectivity index (χ4v) is 4.02. The molecule has 0 bridgehead atoms. The van der Waals surface area contributed by atoms with Crippen molar-refractivity contribution in [2.75, 3.05) is 33.7 Å². The molecule has 0 atom stereocenters. The molecule has 0 amide bonds. The minimum Gasteiger partial charge on any atom is -0.356 e. The van der Waals surface area contributed by atoms with Crippen LogP contribution < -0.4 is 10.6 Å². The van der Waals surface area contributed by atoms with E-state index in [1.807, 2.05) is 13.1 Å². The van der Waals surface area contributed by atoms with Gasteiger partial charge in [0.2, 0.25) is 0 Å². The molecule has 0 aliphatic heterocycles. The van der Waals surface area contributed by atoms with Crippen LogP contribution >= 0.6 is 24.0 Å². The van der Waals surface area contributed by atoms with Crippen LogP contribution in [0.4, 0.5) is 0 Å². The van der Waals surface area contributed by atoms with Crippen LogP contribution in [-0.4, -0.2) is 60.2 Å². The largest absolute Gasteiger partial charge is 0.356 e. The first-order valence-corrected chi connectivity index (χ1v) is 10.3. The van der Waals surface area contributed by atoms with Crippen LogP contribution in [0.5, 0.6) is 0 Å². The number of nitrogens with zero attached hydrogens (tertiary/aromatic N) is 4. The molecule has 2 aromatic rings. The van der Waals surface area contributed by atoms with Crippen molar-refractivity contribution in [2.24, 2.45) is 4.99 Å². The molecule has 156 valence electrons. The van der Waals surface area contributed by atoms with E-state index >= 15 is 0 Å². The van der Waals surface area contributed by atoms with Gasteiger partial charge in [0.15, 0.2) is 5.96 Å². The van der Waals surface area contributed by atoms with Gasteiger partial charge in [-0.1, -0.05) is 25.0 Å². The number of rotatable bonds is 8. The minimum atomic E-state index is 0. The molecule has 28 heavy (non-hydrogen) atoms. The summed E-state index contributed by atoms with van der Waals surface area (Å²) in [4.78, 5) is 11.5. The van der Waals surface area contributed by atoms with Gasteiger partial charge in [0.05, 0.1) is 11.0 Å². The van der Waals surface area contributed by atoms with Crippen molar-refractivity contribution >= 4 is 41.0 Å². The summed E-state index contributed by atoms with van der Waals surface area (Å²) in [6.45, 7) is 5.92. The summed E-state index contributed by atoms with van der Waals surface area (Å²) < 4.78 is 2.30. The fourth-order valence-electron chi connectivity index (χ4n) is 4.02. The van der Waals surface area contributed by atoms with Gasteiger partial charge in [-0.25, -0.2) is 4.98 Å². The average molecular weight is 498 g/mol. The lowest BCUT2D eigenvalue weighted by molar-refractivity contribution is 0.249. The van der Waals surface area contributed by atoms with E-state index in [4.69, 9.17) is 0 Å². The third-order valence-electron chi connectivity index (χ3n) is 5.62. The maximum absolute atomic E-state index is 4.63. The third kappa shape index (κ3) is 6.07. The van der Waals surface area contributed by atoms with Crippen LogP contribution in [0.15, 0.2) is 29.3 Å². The highest BCUT2D eigenvalue weighted by Gasteiger charge is 2.18. The molecule has 0 saturated heterocycles. The van der Waals surface area contributed by atoms with Gasteiger partial charge in [-0.05, 0) is 45.4 Å². The number of likely N-dealkylation sites (N-methyl/N-ethyl adjacent to an activating group) is 1. The summed E-state index contributed by atoms with van der Waals surface area (Å²) in [6, 6.07) is 9.11. The third-order valence-corrected chi connectivity index (χ3v) is 5.62. The molecule has 0 radical (unpaired) electrons. The number of hydrogen-bond acceptors (Lipinski definition) is 3. The zero-order valence-corrected chi connectivity index (χ0v) is 19.8. The molecular weight excluding hydrogens is 463 g/mol. The molecule has 1 aromatic carbocycles. The number of benzene rings is 1. The van der Waals surface area contributed by atoms with Crippen molar-refractivity contribution in [3.63, 3.8) is 0 Å². The van der Waals surface area contributed by atoms with Crippen molar-refractivity contribution in [3.8, 4) is 0 Å². The predicted molar refractivity (Wildman–Crippen MR) is 129 cm³/mol. The zero-order valence-electron chi connectivity index (χ0n) is 17.4. The smallest absolute Gasteiger partial charge is 0.191 e. The Morgan fingerprint density at radius 1 is 1.21 bits per heavy atom. The number of aliphatic imine (C=N–C) groups is 1.